The highest BCUT2D eigenvalue weighted by molar-refractivity contribution is 6.32. The van der Waals surface area contributed by atoms with E-state index < -0.39 is 0 Å². The molecule has 0 aromatic heterocycles. The third-order valence-corrected chi connectivity index (χ3v) is 4.31. The van der Waals surface area contributed by atoms with Crippen LogP contribution in [-0.4, -0.2) is 31.1 Å². The summed E-state index contributed by atoms with van der Waals surface area (Å²) in [7, 11) is 0. The molecule has 0 amide bonds. The van der Waals surface area contributed by atoms with Crippen molar-refractivity contribution in [1.29, 1.82) is 0 Å². The molecule has 6 heteroatoms. The summed E-state index contributed by atoms with van der Waals surface area (Å²) < 4.78 is 14.2. The van der Waals surface area contributed by atoms with Crippen molar-refractivity contribution in [3.05, 3.63) is 34.1 Å². The molecule has 1 aromatic rings. The predicted octanol–water partition coefficient (Wildman–Crippen LogP) is 4.38. The Morgan fingerprint density at radius 1 is 1.29 bits per heavy atom. The van der Waals surface area contributed by atoms with Crippen molar-refractivity contribution in [3.63, 3.8) is 0 Å². The molecule has 0 unspecified atom stereocenters. The standard InChI is InChI=1S/C15H22ClFN2.2ClH/c1-3-4-13(19-9-7-18-8-10-19)14-12(17)6-5-11(2)15(14)16;;/h5-6,13,18H,3-4,7-10H2,1-2H3;2*1H/t13-;;/m1../s1. The SMILES string of the molecule is CCC[C@H](c1c(F)ccc(C)c1Cl)N1CCNCC1.Cl.Cl. The van der Waals surface area contributed by atoms with Crippen molar-refractivity contribution >= 4 is 36.4 Å². The third-order valence-electron chi connectivity index (χ3n) is 3.81. The summed E-state index contributed by atoms with van der Waals surface area (Å²) in [5.41, 5.74) is 1.64. The highest BCUT2D eigenvalue weighted by atomic mass is 35.5. The fourth-order valence-corrected chi connectivity index (χ4v) is 3.04. The van der Waals surface area contributed by atoms with Gasteiger partial charge in [-0.1, -0.05) is 31.0 Å². The first-order chi connectivity index (χ1) is 9.15. The van der Waals surface area contributed by atoms with Gasteiger partial charge in [0, 0.05) is 37.8 Å². The van der Waals surface area contributed by atoms with Gasteiger partial charge in [0.25, 0.3) is 0 Å². The van der Waals surface area contributed by atoms with E-state index >= 15 is 0 Å². The molecule has 1 aromatic carbocycles. The molecule has 1 aliphatic heterocycles. The zero-order valence-electron chi connectivity index (χ0n) is 12.5. The van der Waals surface area contributed by atoms with Gasteiger partial charge in [0.1, 0.15) is 5.82 Å². The Balaban J connectivity index is 0.00000200. The number of halogens is 4. The molecule has 2 rings (SSSR count). The summed E-state index contributed by atoms with van der Waals surface area (Å²) in [6, 6.07) is 3.39. The number of aryl methyl sites for hydroxylation is 1. The largest absolute Gasteiger partial charge is 0.314 e. The normalized spacial score (nSPS) is 16.8. The van der Waals surface area contributed by atoms with Crippen LogP contribution >= 0.6 is 36.4 Å². The second kappa shape index (κ2) is 9.86. The van der Waals surface area contributed by atoms with E-state index in [0.29, 0.717) is 10.6 Å². The molecule has 1 N–H and O–H groups in total. The maximum atomic E-state index is 14.2. The van der Waals surface area contributed by atoms with Crippen LogP contribution in [0, 0.1) is 12.7 Å². The first-order valence-electron chi connectivity index (χ1n) is 7.04. The number of hydrogen-bond acceptors (Lipinski definition) is 2. The van der Waals surface area contributed by atoms with E-state index in [1.54, 1.807) is 12.1 Å². The van der Waals surface area contributed by atoms with Gasteiger partial charge < -0.3 is 5.32 Å². The van der Waals surface area contributed by atoms with Gasteiger partial charge >= 0.3 is 0 Å². The zero-order chi connectivity index (χ0) is 13.8. The van der Waals surface area contributed by atoms with Gasteiger partial charge in [-0.2, -0.15) is 0 Å². The number of hydrogen-bond donors (Lipinski definition) is 1. The van der Waals surface area contributed by atoms with E-state index in [4.69, 9.17) is 11.6 Å². The van der Waals surface area contributed by atoms with Crippen molar-refractivity contribution in [1.82, 2.24) is 10.2 Å². The second-order valence-corrected chi connectivity index (χ2v) is 5.56. The third kappa shape index (κ3) is 4.97. The van der Waals surface area contributed by atoms with Crippen LogP contribution in [0.5, 0.6) is 0 Å². The Hall–Kier alpha value is -0.0600. The number of rotatable bonds is 4. The Morgan fingerprint density at radius 3 is 2.48 bits per heavy atom. The van der Waals surface area contributed by atoms with Gasteiger partial charge in [0.05, 0.1) is 5.02 Å². The molecule has 0 bridgehead atoms. The number of benzene rings is 1. The van der Waals surface area contributed by atoms with Gasteiger partial charge in [0.2, 0.25) is 0 Å². The summed E-state index contributed by atoms with van der Waals surface area (Å²) in [4.78, 5) is 2.35. The minimum atomic E-state index is -0.174. The number of nitrogens with one attached hydrogen (secondary N) is 1. The van der Waals surface area contributed by atoms with Crippen LogP contribution in [0.1, 0.15) is 36.9 Å². The van der Waals surface area contributed by atoms with Crippen molar-refractivity contribution in [3.8, 4) is 0 Å². The predicted molar refractivity (Wildman–Crippen MR) is 92.7 cm³/mol. The Kier molecular flexibility index (Phi) is 9.83. The minimum Gasteiger partial charge on any atom is -0.314 e. The molecular weight excluding hydrogens is 334 g/mol. The first kappa shape index (κ1) is 20.9. The van der Waals surface area contributed by atoms with Gasteiger partial charge in [-0.25, -0.2) is 4.39 Å². The molecular formula is C15H24Cl3FN2. The van der Waals surface area contributed by atoms with E-state index in [-0.39, 0.29) is 36.7 Å². The summed E-state index contributed by atoms with van der Waals surface area (Å²) in [5, 5.41) is 3.93. The summed E-state index contributed by atoms with van der Waals surface area (Å²) in [6.07, 6.45) is 1.97. The highest BCUT2D eigenvalue weighted by Gasteiger charge is 2.26. The second-order valence-electron chi connectivity index (χ2n) is 5.18. The fraction of sp³-hybridized carbons (Fsp3) is 0.600. The molecule has 2 nitrogen and oxygen atoms in total. The maximum absolute atomic E-state index is 14.2. The molecule has 1 heterocycles. The molecule has 21 heavy (non-hydrogen) atoms. The van der Waals surface area contributed by atoms with Crippen molar-refractivity contribution in [2.75, 3.05) is 26.2 Å². The lowest BCUT2D eigenvalue weighted by Crippen LogP contribution is -2.45. The topological polar surface area (TPSA) is 15.3 Å². The Labute approximate surface area is 144 Å². The van der Waals surface area contributed by atoms with E-state index in [1.807, 2.05) is 6.92 Å². The van der Waals surface area contributed by atoms with Crippen molar-refractivity contribution < 1.29 is 4.39 Å². The van der Waals surface area contributed by atoms with Crippen LogP contribution in [0.25, 0.3) is 0 Å². The Bertz CT molecular complexity index is 437. The monoisotopic (exact) mass is 356 g/mol. The van der Waals surface area contributed by atoms with Crippen LogP contribution in [0.4, 0.5) is 4.39 Å². The maximum Gasteiger partial charge on any atom is 0.129 e. The molecule has 1 atom stereocenters. The van der Waals surface area contributed by atoms with E-state index in [2.05, 4.69) is 17.1 Å². The van der Waals surface area contributed by atoms with Gasteiger partial charge in [-0.15, -0.1) is 24.8 Å². The van der Waals surface area contributed by atoms with Gasteiger partial charge in [-0.05, 0) is 25.0 Å². The average Bonchev–Trinajstić information content (AvgIpc) is 2.43. The molecule has 1 aliphatic rings. The Morgan fingerprint density at radius 2 is 1.90 bits per heavy atom. The molecule has 0 saturated carbocycles. The molecule has 0 radical (unpaired) electrons. The number of piperazine rings is 1. The first-order valence-corrected chi connectivity index (χ1v) is 7.42. The summed E-state index contributed by atoms with van der Waals surface area (Å²) >= 11 is 6.37. The molecule has 1 fully saturated rings. The van der Waals surface area contributed by atoms with Crippen molar-refractivity contribution in [2.24, 2.45) is 0 Å². The smallest absolute Gasteiger partial charge is 0.129 e. The van der Waals surface area contributed by atoms with Gasteiger partial charge in [0.15, 0.2) is 0 Å². The molecule has 0 spiro atoms. The van der Waals surface area contributed by atoms with Gasteiger partial charge in [-0.3, -0.25) is 4.90 Å². The average molecular weight is 358 g/mol. The van der Waals surface area contributed by atoms with Crippen molar-refractivity contribution in [2.45, 2.75) is 32.7 Å². The van der Waals surface area contributed by atoms with Crippen LogP contribution in [0.3, 0.4) is 0 Å². The number of nitrogens with zero attached hydrogens (tertiary/aromatic N) is 1. The van der Waals surface area contributed by atoms with E-state index in [0.717, 1.165) is 44.6 Å². The van der Waals surface area contributed by atoms with E-state index in [9.17, 15) is 4.39 Å². The molecule has 1 saturated heterocycles. The van der Waals surface area contributed by atoms with Crippen LogP contribution < -0.4 is 5.32 Å². The van der Waals surface area contributed by atoms with Crippen LogP contribution in [-0.2, 0) is 0 Å². The van der Waals surface area contributed by atoms with Crippen LogP contribution in [0.15, 0.2) is 12.1 Å². The summed E-state index contributed by atoms with van der Waals surface area (Å²) in [6.45, 7) is 7.90. The summed E-state index contributed by atoms with van der Waals surface area (Å²) in [5.74, 6) is -0.174. The van der Waals surface area contributed by atoms with E-state index in [1.165, 1.54) is 0 Å². The quantitative estimate of drug-likeness (QED) is 0.860. The highest BCUT2D eigenvalue weighted by Crippen LogP contribution is 2.35. The fourth-order valence-electron chi connectivity index (χ4n) is 2.76. The van der Waals surface area contributed by atoms with Crippen LogP contribution in [0.2, 0.25) is 5.02 Å². The molecule has 0 aliphatic carbocycles. The lowest BCUT2D eigenvalue weighted by Gasteiger charge is -2.36. The lowest BCUT2D eigenvalue weighted by atomic mass is 9.97. The lowest BCUT2D eigenvalue weighted by molar-refractivity contribution is 0.161. The minimum absolute atomic E-state index is 0. The molecule has 122 valence electrons. The zero-order valence-corrected chi connectivity index (χ0v) is 14.9.